The summed E-state index contributed by atoms with van der Waals surface area (Å²) in [7, 11) is 1.86. The number of aromatic nitrogens is 1. The van der Waals surface area contributed by atoms with Crippen molar-refractivity contribution in [2.75, 3.05) is 26.8 Å². The van der Waals surface area contributed by atoms with Gasteiger partial charge in [0.05, 0.1) is 0 Å². The van der Waals surface area contributed by atoms with Crippen LogP contribution >= 0.6 is 0 Å². The largest absolute Gasteiger partial charge is 0.381 e. The number of ether oxygens (including phenoxy) is 1. The zero-order valence-corrected chi connectivity index (χ0v) is 10.1. The summed E-state index contributed by atoms with van der Waals surface area (Å²) in [5, 5.41) is 0. The molecule has 1 aromatic heterocycles. The fourth-order valence-electron chi connectivity index (χ4n) is 2.11. The number of nitrogens with zero attached hydrogens (tertiary/aromatic N) is 2. The molecule has 17 heavy (non-hydrogen) atoms. The first-order chi connectivity index (χ1) is 8.27. The van der Waals surface area contributed by atoms with Crippen LogP contribution in [0.4, 0.5) is 0 Å². The van der Waals surface area contributed by atoms with E-state index < -0.39 is 0 Å². The Balaban J connectivity index is 1.91. The van der Waals surface area contributed by atoms with Crippen LogP contribution < -0.4 is 0 Å². The zero-order valence-electron chi connectivity index (χ0n) is 10.1. The minimum Gasteiger partial charge on any atom is -0.381 e. The van der Waals surface area contributed by atoms with Crippen LogP contribution in [0.15, 0.2) is 24.5 Å². The third kappa shape index (κ3) is 3.27. The molecule has 1 aliphatic rings. The Morgan fingerprint density at radius 3 is 2.71 bits per heavy atom. The summed E-state index contributed by atoms with van der Waals surface area (Å²) in [5.74, 6) is 0.637. The predicted molar refractivity (Wildman–Crippen MR) is 64.7 cm³/mol. The van der Waals surface area contributed by atoms with Gasteiger partial charge in [0.2, 0.25) is 0 Å². The molecule has 1 saturated heterocycles. The average molecular weight is 234 g/mol. The molecule has 0 aliphatic carbocycles. The van der Waals surface area contributed by atoms with Crippen molar-refractivity contribution < 1.29 is 9.53 Å². The van der Waals surface area contributed by atoms with Gasteiger partial charge in [-0.3, -0.25) is 9.78 Å². The topological polar surface area (TPSA) is 42.4 Å². The van der Waals surface area contributed by atoms with Gasteiger partial charge in [-0.1, -0.05) is 0 Å². The Morgan fingerprint density at radius 1 is 1.41 bits per heavy atom. The molecule has 0 radical (unpaired) electrons. The van der Waals surface area contributed by atoms with Crippen molar-refractivity contribution in [1.29, 1.82) is 0 Å². The molecule has 4 heteroatoms. The molecule has 1 aromatic rings. The third-order valence-corrected chi connectivity index (χ3v) is 3.15. The van der Waals surface area contributed by atoms with Gasteiger partial charge in [0.15, 0.2) is 0 Å². The molecule has 4 nitrogen and oxygen atoms in total. The molecule has 0 N–H and O–H groups in total. The lowest BCUT2D eigenvalue weighted by atomic mass is 9.99. The normalized spacial score (nSPS) is 16.8. The molecule has 0 aromatic carbocycles. The predicted octanol–water partition coefficient (Wildman–Crippen LogP) is 1.58. The quantitative estimate of drug-likeness (QED) is 0.797. The van der Waals surface area contributed by atoms with Gasteiger partial charge in [0.25, 0.3) is 5.91 Å². The molecule has 0 unspecified atom stereocenters. The Labute approximate surface area is 102 Å². The Morgan fingerprint density at radius 2 is 2.06 bits per heavy atom. The summed E-state index contributed by atoms with van der Waals surface area (Å²) in [6.07, 6.45) is 5.40. The van der Waals surface area contributed by atoms with Gasteiger partial charge in [0.1, 0.15) is 0 Å². The second kappa shape index (κ2) is 5.77. The number of carbonyl (C=O) groups excluding carboxylic acids is 1. The van der Waals surface area contributed by atoms with Gasteiger partial charge < -0.3 is 9.64 Å². The standard InChI is InChI=1S/C13H18N2O2/c1-15(10-11-4-8-17-9-5-11)13(16)12-2-6-14-7-3-12/h2-3,6-7,11H,4-5,8-10H2,1H3. The molecule has 2 heterocycles. The number of hydrogen-bond donors (Lipinski definition) is 0. The number of carbonyl (C=O) groups is 1. The molecular weight excluding hydrogens is 216 g/mol. The van der Waals surface area contributed by atoms with E-state index in [0.29, 0.717) is 11.5 Å². The minimum absolute atomic E-state index is 0.0684. The van der Waals surface area contributed by atoms with Gasteiger partial charge in [-0.2, -0.15) is 0 Å². The Bertz CT molecular complexity index is 361. The van der Waals surface area contributed by atoms with E-state index in [2.05, 4.69) is 4.98 Å². The van der Waals surface area contributed by atoms with Crippen LogP contribution in [0, 0.1) is 5.92 Å². The van der Waals surface area contributed by atoms with E-state index >= 15 is 0 Å². The highest BCUT2D eigenvalue weighted by molar-refractivity contribution is 5.93. The third-order valence-electron chi connectivity index (χ3n) is 3.15. The van der Waals surface area contributed by atoms with E-state index in [1.54, 1.807) is 29.4 Å². The number of amides is 1. The van der Waals surface area contributed by atoms with E-state index in [1.165, 1.54) is 0 Å². The lowest BCUT2D eigenvalue weighted by Crippen LogP contribution is -2.34. The summed E-state index contributed by atoms with van der Waals surface area (Å²) < 4.78 is 5.31. The van der Waals surface area contributed by atoms with Crippen molar-refractivity contribution in [1.82, 2.24) is 9.88 Å². The smallest absolute Gasteiger partial charge is 0.253 e. The van der Waals surface area contributed by atoms with Crippen LogP contribution in [0.3, 0.4) is 0 Å². The first-order valence-corrected chi connectivity index (χ1v) is 6.00. The van der Waals surface area contributed by atoms with Gasteiger partial charge in [0, 0.05) is 44.8 Å². The molecule has 1 fully saturated rings. The monoisotopic (exact) mass is 234 g/mol. The maximum atomic E-state index is 12.1. The van der Waals surface area contributed by atoms with Gasteiger partial charge in [-0.05, 0) is 30.9 Å². The summed E-state index contributed by atoms with van der Waals surface area (Å²) in [5.41, 5.74) is 0.703. The Hall–Kier alpha value is -1.42. The zero-order chi connectivity index (χ0) is 12.1. The highest BCUT2D eigenvalue weighted by Crippen LogP contribution is 2.16. The van der Waals surface area contributed by atoms with Crippen LogP contribution in [0.5, 0.6) is 0 Å². The lowest BCUT2D eigenvalue weighted by molar-refractivity contribution is 0.0497. The van der Waals surface area contributed by atoms with Crippen LogP contribution in [-0.4, -0.2) is 42.6 Å². The lowest BCUT2D eigenvalue weighted by Gasteiger charge is -2.27. The molecule has 0 saturated carbocycles. The van der Waals surface area contributed by atoms with Crippen LogP contribution in [0.25, 0.3) is 0 Å². The van der Waals surface area contributed by atoms with Crippen LogP contribution in [-0.2, 0) is 4.74 Å². The highest BCUT2D eigenvalue weighted by Gasteiger charge is 2.19. The SMILES string of the molecule is CN(CC1CCOCC1)C(=O)c1ccncc1. The van der Waals surface area contributed by atoms with Gasteiger partial charge in [-0.25, -0.2) is 0 Å². The minimum atomic E-state index is 0.0684. The highest BCUT2D eigenvalue weighted by atomic mass is 16.5. The summed E-state index contributed by atoms with van der Waals surface area (Å²) in [6.45, 7) is 2.45. The molecule has 0 bridgehead atoms. The molecule has 2 rings (SSSR count). The number of rotatable bonds is 3. The van der Waals surface area contributed by atoms with Crippen LogP contribution in [0.1, 0.15) is 23.2 Å². The van der Waals surface area contributed by atoms with Gasteiger partial charge in [-0.15, -0.1) is 0 Å². The number of pyridine rings is 1. The Kier molecular flexibility index (Phi) is 4.09. The molecule has 0 atom stereocenters. The summed E-state index contributed by atoms with van der Waals surface area (Å²) >= 11 is 0. The van der Waals surface area contributed by atoms with E-state index in [1.807, 2.05) is 7.05 Å². The van der Waals surface area contributed by atoms with Crippen molar-refractivity contribution >= 4 is 5.91 Å². The maximum absolute atomic E-state index is 12.1. The molecule has 1 aliphatic heterocycles. The van der Waals surface area contributed by atoms with E-state index in [-0.39, 0.29) is 5.91 Å². The van der Waals surface area contributed by atoms with Crippen molar-refractivity contribution in [3.05, 3.63) is 30.1 Å². The molecule has 92 valence electrons. The molecule has 1 amide bonds. The second-order valence-corrected chi connectivity index (χ2v) is 4.48. The fraction of sp³-hybridized carbons (Fsp3) is 0.538. The first-order valence-electron chi connectivity index (χ1n) is 6.00. The van der Waals surface area contributed by atoms with E-state index in [4.69, 9.17) is 4.74 Å². The van der Waals surface area contributed by atoms with Crippen molar-refractivity contribution in [2.24, 2.45) is 5.92 Å². The van der Waals surface area contributed by atoms with Crippen molar-refractivity contribution in [2.45, 2.75) is 12.8 Å². The molecular formula is C13H18N2O2. The molecule has 0 spiro atoms. The van der Waals surface area contributed by atoms with E-state index in [0.717, 1.165) is 32.6 Å². The van der Waals surface area contributed by atoms with Gasteiger partial charge >= 0.3 is 0 Å². The summed E-state index contributed by atoms with van der Waals surface area (Å²) in [4.78, 5) is 17.8. The first kappa shape index (κ1) is 12.0. The summed E-state index contributed by atoms with van der Waals surface area (Å²) in [6, 6.07) is 3.51. The fourth-order valence-corrected chi connectivity index (χ4v) is 2.11. The number of hydrogen-bond acceptors (Lipinski definition) is 3. The van der Waals surface area contributed by atoms with Crippen LogP contribution in [0.2, 0.25) is 0 Å². The second-order valence-electron chi connectivity index (χ2n) is 4.48. The van der Waals surface area contributed by atoms with Crippen molar-refractivity contribution in [3.63, 3.8) is 0 Å². The van der Waals surface area contributed by atoms with Crippen molar-refractivity contribution in [3.8, 4) is 0 Å². The average Bonchev–Trinajstić information content (AvgIpc) is 2.40. The van der Waals surface area contributed by atoms with E-state index in [9.17, 15) is 4.79 Å². The maximum Gasteiger partial charge on any atom is 0.253 e.